The first-order chi connectivity index (χ1) is 11.8. The smallest absolute Gasteiger partial charge is 0.273 e. The van der Waals surface area contributed by atoms with Crippen molar-refractivity contribution in [2.45, 2.75) is 13.8 Å². The maximum absolute atomic E-state index is 12.1. The van der Waals surface area contributed by atoms with Crippen LogP contribution in [-0.4, -0.2) is 23.3 Å². The van der Waals surface area contributed by atoms with Gasteiger partial charge in [0.25, 0.3) is 11.6 Å². The predicted octanol–water partition coefficient (Wildman–Crippen LogP) is 3.18. The van der Waals surface area contributed by atoms with Gasteiger partial charge < -0.3 is 10.6 Å². The zero-order valence-corrected chi connectivity index (χ0v) is 15.8. The summed E-state index contributed by atoms with van der Waals surface area (Å²) in [5, 5.41) is 16.1. The number of halogens is 1. The van der Waals surface area contributed by atoms with Gasteiger partial charge in [0.2, 0.25) is 5.91 Å². The van der Waals surface area contributed by atoms with Gasteiger partial charge >= 0.3 is 0 Å². The number of benzene rings is 2. The van der Waals surface area contributed by atoms with Crippen molar-refractivity contribution < 1.29 is 14.5 Å². The van der Waals surface area contributed by atoms with E-state index < -0.39 is 10.8 Å². The lowest BCUT2D eigenvalue weighted by Gasteiger charge is -2.08. The van der Waals surface area contributed by atoms with Crippen LogP contribution in [0.15, 0.2) is 36.4 Å². The summed E-state index contributed by atoms with van der Waals surface area (Å²) in [6.45, 7) is 3.33. The Labute approximate surface area is 158 Å². The zero-order chi connectivity index (χ0) is 18.6. The van der Waals surface area contributed by atoms with Crippen LogP contribution in [0, 0.1) is 27.5 Å². The van der Waals surface area contributed by atoms with Gasteiger partial charge in [0.15, 0.2) is 0 Å². The van der Waals surface area contributed by atoms with Crippen molar-refractivity contribution in [2.75, 3.05) is 11.9 Å². The maximum Gasteiger partial charge on any atom is 0.273 e. The van der Waals surface area contributed by atoms with E-state index in [1.807, 2.05) is 19.1 Å². The van der Waals surface area contributed by atoms with Crippen molar-refractivity contribution in [1.82, 2.24) is 5.32 Å². The van der Waals surface area contributed by atoms with Crippen LogP contribution < -0.4 is 10.6 Å². The quantitative estimate of drug-likeness (QED) is 0.413. The van der Waals surface area contributed by atoms with E-state index in [0.29, 0.717) is 11.3 Å². The summed E-state index contributed by atoms with van der Waals surface area (Å²) < 4.78 is 1.02. The average Bonchev–Trinajstić information content (AvgIpc) is 2.56. The molecule has 2 amide bonds. The highest BCUT2D eigenvalue weighted by atomic mass is 127. The number of hydrogen-bond acceptors (Lipinski definition) is 4. The summed E-state index contributed by atoms with van der Waals surface area (Å²) >= 11 is 2.17. The van der Waals surface area contributed by atoms with Gasteiger partial charge in [0.1, 0.15) is 0 Å². The van der Waals surface area contributed by atoms with Crippen LogP contribution >= 0.6 is 22.6 Å². The highest BCUT2D eigenvalue weighted by Gasteiger charge is 2.15. The van der Waals surface area contributed by atoms with Crippen LogP contribution in [0.4, 0.5) is 11.4 Å². The number of nitro benzene ring substituents is 1. The van der Waals surface area contributed by atoms with E-state index in [2.05, 4.69) is 33.2 Å². The fraction of sp³-hybridized carbons (Fsp3) is 0.176. The third-order valence-corrected chi connectivity index (χ3v) is 4.70. The molecule has 130 valence electrons. The topological polar surface area (TPSA) is 101 Å². The van der Waals surface area contributed by atoms with E-state index in [1.54, 1.807) is 13.0 Å². The first-order valence-corrected chi connectivity index (χ1v) is 8.45. The van der Waals surface area contributed by atoms with Gasteiger partial charge in [0, 0.05) is 26.5 Å². The molecule has 0 fully saturated rings. The van der Waals surface area contributed by atoms with Crippen molar-refractivity contribution in [2.24, 2.45) is 0 Å². The van der Waals surface area contributed by atoms with E-state index in [0.717, 1.165) is 9.13 Å². The lowest BCUT2D eigenvalue weighted by Crippen LogP contribution is -2.32. The molecule has 0 aliphatic rings. The fourth-order valence-corrected chi connectivity index (χ4v) is 2.60. The lowest BCUT2D eigenvalue weighted by atomic mass is 10.1. The molecule has 0 aliphatic carbocycles. The van der Waals surface area contributed by atoms with Crippen LogP contribution in [0.25, 0.3) is 0 Å². The molecule has 0 bridgehead atoms. The second kappa shape index (κ2) is 8.06. The average molecular weight is 453 g/mol. The Morgan fingerprint density at radius 1 is 1.12 bits per heavy atom. The van der Waals surface area contributed by atoms with E-state index in [4.69, 9.17) is 0 Å². The standard InChI is InChI=1S/C17H16IN3O4/c1-10-4-6-13(8-14(10)18)20-16(22)9-19-17(23)12-5-3-11(2)15(7-12)21(24)25/h3-8H,9H2,1-2H3,(H,19,23)(H,20,22). The SMILES string of the molecule is Cc1ccc(NC(=O)CNC(=O)c2ccc(C)c([N+](=O)[O-])c2)cc1I. The molecule has 0 spiro atoms. The minimum Gasteiger partial charge on any atom is -0.343 e. The molecule has 2 N–H and O–H groups in total. The Kier molecular flexibility index (Phi) is 6.07. The third-order valence-electron chi connectivity index (χ3n) is 3.53. The highest BCUT2D eigenvalue weighted by molar-refractivity contribution is 14.1. The van der Waals surface area contributed by atoms with Gasteiger partial charge in [-0.15, -0.1) is 0 Å². The first-order valence-electron chi connectivity index (χ1n) is 7.37. The number of carbonyl (C=O) groups excluding carboxylic acids is 2. The molecule has 2 rings (SSSR count). The molecule has 2 aromatic carbocycles. The molecule has 0 saturated carbocycles. The second-order valence-corrected chi connectivity index (χ2v) is 6.62. The predicted molar refractivity (Wildman–Crippen MR) is 103 cm³/mol. The Morgan fingerprint density at radius 2 is 1.80 bits per heavy atom. The summed E-state index contributed by atoms with van der Waals surface area (Å²) in [6.07, 6.45) is 0. The fourth-order valence-electron chi connectivity index (χ4n) is 2.09. The number of carbonyl (C=O) groups is 2. The summed E-state index contributed by atoms with van der Waals surface area (Å²) in [7, 11) is 0. The second-order valence-electron chi connectivity index (χ2n) is 5.45. The van der Waals surface area contributed by atoms with Crippen molar-refractivity contribution in [1.29, 1.82) is 0 Å². The van der Waals surface area contributed by atoms with Crippen LogP contribution in [0.3, 0.4) is 0 Å². The minimum absolute atomic E-state index is 0.133. The molecule has 25 heavy (non-hydrogen) atoms. The molecule has 2 aromatic rings. The summed E-state index contributed by atoms with van der Waals surface area (Å²) in [5.74, 6) is -0.925. The number of nitrogens with zero attached hydrogens (tertiary/aromatic N) is 1. The van der Waals surface area contributed by atoms with Crippen LogP contribution in [-0.2, 0) is 4.79 Å². The minimum atomic E-state index is -0.545. The maximum atomic E-state index is 12.1. The van der Waals surface area contributed by atoms with Crippen molar-refractivity contribution in [3.05, 3.63) is 66.8 Å². The number of nitro groups is 1. The normalized spacial score (nSPS) is 10.2. The van der Waals surface area contributed by atoms with Crippen LogP contribution in [0.2, 0.25) is 0 Å². The molecule has 7 nitrogen and oxygen atoms in total. The Hall–Kier alpha value is -2.49. The molecular weight excluding hydrogens is 437 g/mol. The molecule has 0 heterocycles. The molecule has 0 atom stereocenters. The number of nitrogens with one attached hydrogen (secondary N) is 2. The van der Waals surface area contributed by atoms with Crippen molar-refractivity contribution >= 4 is 45.8 Å². The Morgan fingerprint density at radius 3 is 2.44 bits per heavy atom. The van der Waals surface area contributed by atoms with Gasteiger partial charge in [-0.2, -0.15) is 0 Å². The van der Waals surface area contributed by atoms with E-state index in [-0.39, 0.29) is 23.7 Å². The zero-order valence-electron chi connectivity index (χ0n) is 13.6. The van der Waals surface area contributed by atoms with E-state index >= 15 is 0 Å². The molecule has 0 radical (unpaired) electrons. The number of anilines is 1. The summed E-state index contributed by atoms with van der Waals surface area (Å²) in [5.41, 5.74) is 2.21. The van der Waals surface area contributed by atoms with Gasteiger partial charge in [-0.25, -0.2) is 0 Å². The monoisotopic (exact) mass is 453 g/mol. The van der Waals surface area contributed by atoms with Gasteiger partial charge in [-0.05, 0) is 60.2 Å². The van der Waals surface area contributed by atoms with Crippen LogP contribution in [0.1, 0.15) is 21.5 Å². The third kappa shape index (κ3) is 4.99. The number of amides is 2. The molecular formula is C17H16IN3O4. The lowest BCUT2D eigenvalue weighted by molar-refractivity contribution is -0.385. The molecule has 0 aliphatic heterocycles. The van der Waals surface area contributed by atoms with Gasteiger partial charge in [0.05, 0.1) is 11.5 Å². The number of aryl methyl sites for hydroxylation is 2. The molecule has 0 saturated heterocycles. The first kappa shape index (κ1) is 18.8. The van der Waals surface area contributed by atoms with E-state index in [9.17, 15) is 19.7 Å². The Balaban J connectivity index is 1.97. The molecule has 0 unspecified atom stereocenters. The Bertz CT molecular complexity index is 852. The van der Waals surface area contributed by atoms with Gasteiger partial charge in [-0.3, -0.25) is 19.7 Å². The summed E-state index contributed by atoms with van der Waals surface area (Å²) in [6, 6.07) is 9.69. The largest absolute Gasteiger partial charge is 0.343 e. The summed E-state index contributed by atoms with van der Waals surface area (Å²) in [4.78, 5) is 34.4. The highest BCUT2D eigenvalue weighted by Crippen LogP contribution is 2.19. The van der Waals surface area contributed by atoms with Crippen LogP contribution in [0.5, 0.6) is 0 Å². The molecule has 8 heteroatoms. The van der Waals surface area contributed by atoms with Crippen molar-refractivity contribution in [3.8, 4) is 0 Å². The number of rotatable bonds is 5. The van der Waals surface area contributed by atoms with E-state index in [1.165, 1.54) is 18.2 Å². The number of hydrogen-bond donors (Lipinski definition) is 2. The van der Waals surface area contributed by atoms with Gasteiger partial charge in [-0.1, -0.05) is 12.1 Å². The van der Waals surface area contributed by atoms with Crippen molar-refractivity contribution in [3.63, 3.8) is 0 Å². The molecule has 0 aromatic heterocycles.